The van der Waals surface area contributed by atoms with Crippen LogP contribution < -0.4 is 5.73 Å². The third-order valence-electron chi connectivity index (χ3n) is 3.23. The number of anilines is 1. The summed E-state index contributed by atoms with van der Waals surface area (Å²) in [5.74, 6) is 0.226. The normalized spacial score (nSPS) is 11.6. The van der Waals surface area contributed by atoms with Crippen molar-refractivity contribution in [2.75, 3.05) is 11.5 Å². The van der Waals surface area contributed by atoms with Crippen LogP contribution >= 0.6 is 0 Å². The Labute approximate surface area is 117 Å². The van der Waals surface area contributed by atoms with E-state index >= 15 is 0 Å². The summed E-state index contributed by atoms with van der Waals surface area (Å²) in [7, 11) is -3.16. The van der Waals surface area contributed by atoms with Gasteiger partial charge < -0.3 is 5.73 Å². The maximum atomic E-state index is 12.1. The summed E-state index contributed by atoms with van der Waals surface area (Å²) in [4.78, 5) is 0.346. The van der Waals surface area contributed by atoms with Crippen LogP contribution in [0, 0.1) is 0 Å². The standard InChI is InChI=1S/C15H25NO2S/c1-2-3-4-5-6-7-8-12-19(17,18)15-11-9-10-14(16)13-15/h9-11,13H,2-8,12,16H2,1H3. The lowest BCUT2D eigenvalue weighted by molar-refractivity contribution is 0.579. The zero-order valence-electron chi connectivity index (χ0n) is 11.8. The Morgan fingerprint density at radius 3 is 2.26 bits per heavy atom. The van der Waals surface area contributed by atoms with Crippen LogP contribution in [0.15, 0.2) is 29.2 Å². The summed E-state index contributed by atoms with van der Waals surface area (Å²) in [6.07, 6.45) is 7.86. The molecule has 0 amide bonds. The quantitative estimate of drug-likeness (QED) is 0.554. The van der Waals surface area contributed by atoms with Crippen molar-refractivity contribution in [1.82, 2.24) is 0 Å². The van der Waals surface area contributed by atoms with E-state index in [1.165, 1.54) is 31.7 Å². The fourth-order valence-corrected chi connectivity index (χ4v) is 3.50. The Kier molecular flexibility index (Phi) is 6.92. The highest BCUT2D eigenvalue weighted by Crippen LogP contribution is 2.16. The zero-order chi connectivity index (χ0) is 14.1. The Bertz CT molecular complexity index is 469. The lowest BCUT2D eigenvalue weighted by atomic mass is 10.1. The van der Waals surface area contributed by atoms with E-state index in [4.69, 9.17) is 5.73 Å². The van der Waals surface area contributed by atoms with Crippen LogP contribution in [0.5, 0.6) is 0 Å². The topological polar surface area (TPSA) is 60.2 Å². The highest BCUT2D eigenvalue weighted by molar-refractivity contribution is 7.91. The fraction of sp³-hybridized carbons (Fsp3) is 0.600. The fourth-order valence-electron chi connectivity index (χ4n) is 2.08. The van der Waals surface area contributed by atoms with Crippen LogP contribution in [0.25, 0.3) is 0 Å². The molecule has 0 heterocycles. The number of unbranched alkanes of at least 4 members (excludes halogenated alkanes) is 6. The molecule has 0 aromatic heterocycles. The number of hydrogen-bond donors (Lipinski definition) is 1. The van der Waals surface area contributed by atoms with Gasteiger partial charge in [0.1, 0.15) is 0 Å². The Morgan fingerprint density at radius 2 is 1.63 bits per heavy atom. The zero-order valence-corrected chi connectivity index (χ0v) is 12.6. The van der Waals surface area contributed by atoms with E-state index in [9.17, 15) is 8.42 Å². The summed E-state index contributed by atoms with van der Waals surface area (Å²) >= 11 is 0. The summed E-state index contributed by atoms with van der Waals surface area (Å²) in [5.41, 5.74) is 6.11. The molecule has 0 aliphatic rings. The first-order valence-corrected chi connectivity index (χ1v) is 8.80. The molecule has 1 rings (SSSR count). The van der Waals surface area contributed by atoms with Gasteiger partial charge in [-0.05, 0) is 24.6 Å². The summed E-state index contributed by atoms with van der Waals surface area (Å²) < 4.78 is 24.1. The average Bonchev–Trinajstić information content (AvgIpc) is 2.38. The van der Waals surface area contributed by atoms with Gasteiger partial charge in [0.05, 0.1) is 10.6 Å². The van der Waals surface area contributed by atoms with Gasteiger partial charge in [0, 0.05) is 5.69 Å². The van der Waals surface area contributed by atoms with Gasteiger partial charge in [0.2, 0.25) is 0 Å². The van der Waals surface area contributed by atoms with Gasteiger partial charge in [-0.2, -0.15) is 0 Å². The maximum absolute atomic E-state index is 12.1. The number of nitrogens with two attached hydrogens (primary N) is 1. The van der Waals surface area contributed by atoms with E-state index < -0.39 is 9.84 Å². The molecule has 0 saturated carbocycles. The van der Waals surface area contributed by atoms with Gasteiger partial charge in [-0.25, -0.2) is 8.42 Å². The first-order chi connectivity index (χ1) is 9.06. The molecule has 1 aromatic carbocycles. The number of sulfone groups is 1. The second-order valence-electron chi connectivity index (χ2n) is 5.01. The molecular weight excluding hydrogens is 258 g/mol. The van der Waals surface area contributed by atoms with Crippen LogP contribution in [0.4, 0.5) is 5.69 Å². The highest BCUT2D eigenvalue weighted by Gasteiger charge is 2.13. The molecular formula is C15H25NO2S. The van der Waals surface area contributed by atoms with E-state index in [0.717, 1.165) is 19.3 Å². The monoisotopic (exact) mass is 283 g/mol. The van der Waals surface area contributed by atoms with E-state index in [1.807, 2.05) is 0 Å². The van der Waals surface area contributed by atoms with Crippen molar-refractivity contribution in [3.05, 3.63) is 24.3 Å². The van der Waals surface area contributed by atoms with E-state index in [1.54, 1.807) is 18.2 Å². The SMILES string of the molecule is CCCCCCCCCS(=O)(=O)c1cccc(N)c1. The highest BCUT2D eigenvalue weighted by atomic mass is 32.2. The minimum atomic E-state index is -3.16. The number of benzene rings is 1. The molecule has 0 aliphatic carbocycles. The van der Waals surface area contributed by atoms with E-state index in [-0.39, 0.29) is 5.75 Å². The van der Waals surface area contributed by atoms with Gasteiger partial charge >= 0.3 is 0 Å². The predicted molar refractivity (Wildman–Crippen MR) is 80.9 cm³/mol. The van der Waals surface area contributed by atoms with Crippen molar-refractivity contribution in [2.24, 2.45) is 0 Å². The van der Waals surface area contributed by atoms with E-state index in [0.29, 0.717) is 10.6 Å². The van der Waals surface area contributed by atoms with Gasteiger partial charge in [-0.3, -0.25) is 0 Å². The van der Waals surface area contributed by atoms with Crippen molar-refractivity contribution in [3.63, 3.8) is 0 Å². The molecule has 3 nitrogen and oxygen atoms in total. The van der Waals surface area contributed by atoms with Crippen LogP contribution in [0.1, 0.15) is 51.9 Å². The molecule has 0 bridgehead atoms. The first kappa shape index (κ1) is 16.0. The average molecular weight is 283 g/mol. The van der Waals surface area contributed by atoms with Crippen molar-refractivity contribution < 1.29 is 8.42 Å². The smallest absolute Gasteiger partial charge is 0.178 e. The molecule has 0 atom stereocenters. The lowest BCUT2D eigenvalue weighted by Crippen LogP contribution is -2.07. The minimum absolute atomic E-state index is 0.226. The molecule has 19 heavy (non-hydrogen) atoms. The molecule has 108 valence electrons. The molecule has 0 aliphatic heterocycles. The number of rotatable bonds is 9. The Balaban J connectivity index is 2.32. The van der Waals surface area contributed by atoms with Crippen LogP contribution in [0.3, 0.4) is 0 Å². The second kappa shape index (κ2) is 8.20. The van der Waals surface area contributed by atoms with Crippen LogP contribution in [-0.2, 0) is 9.84 Å². The molecule has 0 saturated heterocycles. The first-order valence-electron chi connectivity index (χ1n) is 7.14. The van der Waals surface area contributed by atoms with Gasteiger partial charge in [-0.1, -0.05) is 51.5 Å². The van der Waals surface area contributed by atoms with Crippen molar-refractivity contribution in [3.8, 4) is 0 Å². The molecule has 0 radical (unpaired) electrons. The molecule has 2 N–H and O–H groups in total. The largest absolute Gasteiger partial charge is 0.399 e. The molecule has 0 fully saturated rings. The minimum Gasteiger partial charge on any atom is -0.399 e. The van der Waals surface area contributed by atoms with Crippen molar-refractivity contribution >= 4 is 15.5 Å². The second-order valence-corrected chi connectivity index (χ2v) is 7.12. The van der Waals surface area contributed by atoms with Crippen LogP contribution in [0.2, 0.25) is 0 Å². The van der Waals surface area contributed by atoms with E-state index in [2.05, 4.69) is 6.92 Å². The maximum Gasteiger partial charge on any atom is 0.178 e. The molecule has 1 aromatic rings. The third-order valence-corrected chi connectivity index (χ3v) is 5.03. The Morgan fingerprint density at radius 1 is 1.00 bits per heavy atom. The Hall–Kier alpha value is -1.03. The van der Waals surface area contributed by atoms with Crippen molar-refractivity contribution in [1.29, 1.82) is 0 Å². The molecule has 0 spiro atoms. The number of hydrogen-bond acceptors (Lipinski definition) is 3. The summed E-state index contributed by atoms with van der Waals surface area (Å²) in [6, 6.07) is 6.54. The molecule has 4 heteroatoms. The van der Waals surface area contributed by atoms with Crippen LogP contribution in [-0.4, -0.2) is 14.2 Å². The van der Waals surface area contributed by atoms with Gasteiger partial charge in [-0.15, -0.1) is 0 Å². The summed E-state index contributed by atoms with van der Waals surface area (Å²) in [5, 5.41) is 0. The number of nitrogen functional groups attached to an aromatic ring is 1. The van der Waals surface area contributed by atoms with Crippen molar-refractivity contribution in [2.45, 2.75) is 56.8 Å². The third kappa shape index (κ3) is 6.10. The van der Waals surface area contributed by atoms with Gasteiger partial charge in [0.25, 0.3) is 0 Å². The van der Waals surface area contributed by atoms with Gasteiger partial charge in [0.15, 0.2) is 9.84 Å². The lowest BCUT2D eigenvalue weighted by Gasteiger charge is -2.05. The predicted octanol–water partition coefficient (Wildman–Crippen LogP) is 3.79. The molecule has 0 unspecified atom stereocenters. The summed E-state index contributed by atoms with van der Waals surface area (Å²) in [6.45, 7) is 2.19.